The van der Waals surface area contributed by atoms with Crippen LogP contribution in [0.4, 0.5) is 0 Å². The summed E-state index contributed by atoms with van der Waals surface area (Å²) in [6, 6.07) is 9.11. The summed E-state index contributed by atoms with van der Waals surface area (Å²) in [7, 11) is 1.60. The number of furan rings is 1. The third kappa shape index (κ3) is 2.23. The van der Waals surface area contributed by atoms with E-state index in [0.29, 0.717) is 16.4 Å². The van der Waals surface area contributed by atoms with Crippen molar-refractivity contribution in [3.8, 4) is 5.75 Å². The molecule has 3 rings (SSSR count). The van der Waals surface area contributed by atoms with Gasteiger partial charge < -0.3 is 14.3 Å². The van der Waals surface area contributed by atoms with Crippen LogP contribution >= 0.6 is 22.9 Å². The standard InChI is InChI=1S/C14H11ClO3S/c1-17-9-6-12(19-7-9)13(16)11-5-8-3-2-4-10(15)14(8)18-11/h2-7,13,16H,1H3. The van der Waals surface area contributed by atoms with E-state index in [9.17, 15) is 5.11 Å². The fourth-order valence-electron chi connectivity index (χ4n) is 1.91. The number of aliphatic hydroxyl groups excluding tert-OH is 1. The van der Waals surface area contributed by atoms with Gasteiger partial charge in [-0.3, -0.25) is 0 Å². The number of aliphatic hydroxyl groups is 1. The zero-order valence-electron chi connectivity index (χ0n) is 10.1. The molecule has 0 saturated heterocycles. The molecule has 1 aromatic carbocycles. The van der Waals surface area contributed by atoms with Gasteiger partial charge in [0.2, 0.25) is 0 Å². The maximum Gasteiger partial charge on any atom is 0.153 e. The molecule has 0 aliphatic heterocycles. The van der Waals surface area contributed by atoms with Gasteiger partial charge in [0.15, 0.2) is 5.58 Å². The molecule has 0 bridgehead atoms. The molecule has 19 heavy (non-hydrogen) atoms. The van der Waals surface area contributed by atoms with Crippen molar-refractivity contribution in [3.05, 3.63) is 51.4 Å². The molecule has 2 aromatic heterocycles. The number of para-hydroxylation sites is 1. The topological polar surface area (TPSA) is 42.6 Å². The summed E-state index contributed by atoms with van der Waals surface area (Å²) in [5.41, 5.74) is 0.599. The highest BCUT2D eigenvalue weighted by Gasteiger charge is 2.18. The van der Waals surface area contributed by atoms with E-state index in [1.165, 1.54) is 11.3 Å². The number of ether oxygens (including phenoxy) is 1. The summed E-state index contributed by atoms with van der Waals surface area (Å²) < 4.78 is 10.7. The summed E-state index contributed by atoms with van der Waals surface area (Å²) >= 11 is 7.48. The van der Waals surface area contributed by atoms with Gasteiger partial charge in [0.05, 0.1) is 12.1 Å². The van der Waals surface area contributed by atoms with Crippen molar-refractivity contribution in [2.24, 2.45) is 0 Å². The number of methoxy groups -OCH3 is 1. The minimum atomic E-state index is -0.808. The SMILES string of the molecule is COc1csc(C(O)c2cc3cccc(Cl)c3o2)c1. The van der Waals surface area contributed by atoms with E-state index >= 15 is 0 Å². The van der Waals surface area contributed by atoms with Gasteiger partial charge in [-0.05, 0) is 18.2 Å². The predicted octanol–water partition coefficient (Wildman–Crippen LogP) is 4.24. The van der Waals surface area contributed by atoms with Crippen LogP contribution in [0.15, 0.2) is 40.1 Å². The lowest BCUT2D eigenvalue weighted by atomic mass is 10.2. The molecule has 0 amide bonds. The largest absolute Gasteiger partial charge is 0.496 e. The Bertz CT molecular complexity index is 716. The van der Waals surface area contributed by atoms with Crippen molar-refractivity contribution in [2.45, 2.75) is 6.10 Å². The van der Waals surface area contributed by atoms with Crippen LogP contribution in [-0.2, 0) is 0 Å². The van der Waals surface area contributed by atoms with Crippen LogP contribution in [0.5, 0.6) is 5.75 Å². The Morgan fingerprint density at radius 2 is 2.21 bits per heavy atom. The smallest absolute Gasteiger partial charge is 0.153 e. The Morgan fingerprint density at radius 1 is 1.37 bits per heavy atom. The van der Waals surface area contributed by atoms with E-state index in [0.717, 1.165) is 16.0 Å². The van der Waals surface area contributed by atoms with E-state index in [2.05, 4.69) is 0 Å². The Morgan fingerprint density at radius 3 is 2.89 bits per heavy atom. The molecule has 1 unspecified atom stereocenters. The van der Waals surface area contributed by atoms with Crippen molar-refractivity contribution in [3.63, 3.8) is 0 Å². The van der Waals surface area contributed by atoms with E-state index in [1.54, 1.807) is 25.3 Å². The minimum absolute atomic E-state index is 0.479. The normalized spacial score (nSPS) is 12.8. The zero-order valence-corrected chi connectivity index (χ0v) is 11.7. The van der Waals surface area contributed by atoms with Crippen molar-refractivity contribution >= 4 is 33.9 Å². The van der Waals surface area contributed by atoms with Gasteiger partial charge in [-0.1, -0.05) is 23.7 Å². The van der Waals surface area contributed by atoms with Crippen molar-refractivity contribution in [2.75, 3.05) is 7.11 Å². The number of hydrogen-bond acceptors (Lipinski definition) is 4. The van der Waals surface area contributed by atoms with Gasteiger partial charge in [0.25, 0.3) is 0 Å². The monoisotopic (exact) mass is 294 g/mol. The van der Waals surface area contributed by atoms with Crippen LogP contribution in [0.1, 0.15) is 16.7 Å². The van der Waals surface area contributed by atoms with Crippen molar-refractivity contribution in [1.82, 2.24) is 0 Å². The third-order valence-corrected chi connectivity index (χ3v) is 4.15. The number of hydrogen-bond donors (Lipinski definition) is 1. The lowest BCUT2D eigenvalue weighted by Gasteiger charge is -2.03. The number of thiophene rings is 1. The Kier molecular flexibility index (Phi) is 3.22. The van der Waals surface area contributed by atoms with Crippen LogP contribution in [-0.4, -0.2) is 12.2 Å². The molecule has 0 saturated carbocycles. The van der Waals surface area contributed by atoms with Gasteiger partial charge >= 0.3 is 0 Å². The second-order valence-corrected chi connectivity index (χ2v) is 5.45. The number of rotatable bonds is 3. The zero-order chi connectivity index (χ0) is 13.4. The summed E-state index contributed by atoms with van der Waals surface area (Å²) in [5, 5.41) is 13.6. The fraction of sp³-hybridized carbons (Fsp3) is 0.143. The molecular weight excluding hydrogens is 284 g/mol. The van der Waals surface area contributed by atoms with Crippen LogP contribution < -0.4 is 4.74 Å². The van der Waals surface area contributed by atoms with Crippen molar-refractivity contribution < 1.29 is 14.3 Å². The number of fused-ring (bicyclic) bond motifs is 1. The number of benzene rings is 1. The number of halogens is 1. The molecule has 98 valence electrons. The van der Waals surface area contributed by atoms with Gasteiger partial charge in [0, 0.05) is 15.6 Å². The first kappa shape index (κ1) is 12.5. The molecule has 5 heteroatoms. The first-order chi connectivity index (χ1) is 9.19. The van der Waals surface area contributed by atoms with E-state index in [1.807, 2.05) is 17.5 Å². The highest BCUT2D eigenvalue weighted by molar-refractivity contribution is 7.10. The summed E-state index contributed by atoms with van der Waals surface area (Å²) in [4.78, 5) is 0.770. The van der Waals surface area contributed by atoms with Gasteiger partial charge in [-0.15, -0.1) is 11.3 Å². The predicted molar refractivity (Wildman–Crippen MR) is 76.2 cm³/mol. The van der Waals surface area contributed by atoms with Gasteiger partial charge in [-0.2, -0.15) is 0 Å². The molecule has 3 nitrogen and oxygen atoms in total. The molecule has 0 spiro atoms. The van der Waals surface area contributed by atoms with Crippen LogP contribution in [0, 0.1) is 0 Å². The molecule has 0 radical (unpaired) electrons. The average molecular weight is 295 g/mol. The van der Waals surface area contributed by atoms with E-state index in [4.69, 9.17) is 20.8 Å². The molecular formula is C14H11ClO3S. The molecule has 2 heterocycles. The summed E-state index contributed by atoms with van der Waals surface area (Å²) in [6.07, 6.45) is -0.808. The lowest BCUT2D eigenvalue weighted by Crippen LogP contribution is -1.94. The average Bonchev–Trinajstić information content (AvgIpc) is 3.05. The molecule has 1 N–H and O–H groups in total. The second kappa shape index (κ2) is 4.89. The second-order valence-electron chi connectivity index (χ2n) is 4.10. The molecule has 1 atom stereocenters. The van der Waals surface area contributed by atoms with Crippen LogP contribution in [0.3, 0.4) is 0 Å². The van der Waals surface area contributed by atoms with E-state index in [-0.39, 0.29) is 0 Å². The van der Waals surface area contributed by atoms with Crippen molar-refractivity contribution in [1.29, 1.82) is 0 Å². The Balaban J connectivity index is 2.01. The van der Waals surface area contributed by atoms with Crippen LogP contribution in [0.25, 0.3) is 11.0 Å². The maximum absolute atomic E-state index is 10.3. The molecule has 0 aliphatic rings. The first-order valence-corrected chi connectivity index (χ1v) is 6.93. The maximum atomic E-state index is 10.3. The highest BCUT2D eigenvalue weighted by Crippen LogP contribution is 2.35. The van der Waals surface area contributed by atoms with E-state index < -0.39 is 6.10 Å². The minimum Gasteiger partial charge on any atom is -0.496 e. The Labute approximate surface area is 119 Å². The quantitative estimate of drug-likeness (QED) is 0.786. The first-order valence-electron chi connectivity index (χ1n) is 5.67. The van der Waals surface area contributed by atoms with Gasteiger partial charge in [0.1, 0.15) is 17.6 Å². The molecule has 0 fully saturated rings. The van der Waals surface area contributed by atoms with Gasteiger partial charge in [-0.25, -0.2) is 0 Å². The molecule has 0 aliphatic carbocycles. The molecule has 3 aromatic rings. The fourth-order valence-corrected chi connectivity index (χ4v) is 2.97. The highest BCUT2D eigenvalue weighted by atomic mass is 35.5. The summed E-state index contributed by atoms with van der Waals surface area (Å²) in [5.74, 6) is 1.21. The van der Waals surface area contributed by atoms with Crippen LogP contribution in [0.2, 0.25) is 5.02 Å². The lowest BCUT2D eigenvalue weighted by molar-refractivity contribution is 0.195. The Hall–Kier alpha value is -1.49. The third-order valence-electron chi connectivity index (χ3n) is 2.89. The summed E-state index contributed by atoms with van der Waals surface area (Å²) in [6.45, 7) is 0.